The summed E-state index contributed by atoms with van der Waals surface area (Å²) in [5.74, 6) is -0.156. The van der Waals surface area contributed by atoms with Crippen LogP contribution < -0.4 is 5.32 Å². The van der Waals surface area contributed by atoms with Crippen LogP contribution in [-0.4, -0.2) is 5.91 Å². The van der Waals surface area contributed by atoms with Crippen LogP contribution in [0.2, 0.25) is 0 Å². The van der Waals surface area contributed by atoms with Gasteiger partial charge >= 0.3 is 0 Å². The lowest BCUT2D eigenvalue weighted by Gasteiger charge is -2.07. The lowest BCUT2D eigenvalue weighted by molar-refractivity contribution is -0.114. The van der Waals surface area contributed by atoms with E-state index in [1.54, 1.807) is 12.1 Å². The Morgan fingerprint density at radius 3 is 2.29 bits per heavy atom. The van der Waals surface area contributed by atoms with Gasteiger partial charge in [0.25, 0.3) is 0 Å². The van der Waals surface area contributed by atoms with Gasteiger partial charge < -0.3 is 5.32 Å². The maximum atomic E-state index is 10.9. The minimum atomic E-state index is -0.156. The van der Waals surface area contributed by atoms with E-state index in [9.17, 15) is 4.79 Å². The van der Waals surface area contributed by atoms with Gasteiger partial charge in [-0.05, 0) is 44.0 Å². The Labute approximate surface area is 98.4 Å². The largest absolute Gasteiger partial charge is 0.324 e. The number of benzene rings is 1. The minimum Gasteiger partial charge on any atom is -0.324 e. The number of nitriles is 1. The Kier molecular flexibility index (Phi) is 3.67. The summed E-state index contributed by atoms with van der Waals surface area (Å²) in [6.45, 7) is 1.43. The molecule has 0 saturated heterocycles. The van der Waals surface area contributed by atoms with Crippen molar-refractivity contribution in [2.24, 2.45) is 0 Å². The molecular weight excluding hydrogens is 312 g/mol. The van der Waals surface area contributed by atoms with E-state index in [1.165, 1.54) is 6.92 Å². The fourth-order valence-electron chi connectivity index (χ4n) is 0.933. The smallest absolute Gasteiger partial charge is 0.221 e. The molecule has 0 aliphatic rings. The lowest BCUT2D eigenvalue weighted by Crippen LogP contribution is -2.07. The third-order valence-corrected chi connectivity index (χ3v) is 2.72. The quantitative estimate of drug-likeness (QED) is 0.865. The van der Waals surface area contributed by atoms with E-state index in [-0.39, 0.29) is 5.91 Å². The summed E-state index contributed by atoms with van der Waals surface area (Å²) in [7, 11) is 0. The van der Waals surface area contributed by atoms with Gasteiger partial charge in [0.2, 0.25) is 5.91 Å². The van der Waals surface area contributed by atoms with Crippen molar-refractivity contribution < 1.29 is 4.79 Å². The summed E-state index contributed by atoms with van der Waals surface area (Å²) in [6.07, 6.45) is 0. The molecule has 0 aliphatic heterocycles. The maximum absolute atomic E-state index is 10.9. The van der Waals surface area contributed by atoms with Gasteiger partial charge in [-0.25, -0.2) is 0 Å². The third kappa shape index (κ3) is 2.56. The second kappa shape index (κ2) is 4.58. The first-order valence-corrected chi connectivity index (χ1v) is 5.30. The van der Waals surface area contributed by atoms with Gasteiger partial charge in [0, 0.05) is 15.9 Å². The van der Waals surface area contributed by atoms with Gasteiger partial charge in [-0.15, -0.1) is 0 Å². The number of nitrogens with zero attached hydrogens (tertiary/aromatic N) is 1. The zero-order chi connectivity index (χ0) is 10.7. The number of carbonyl (C=O) groups is 1. The van der Waals surface area contributed by atoms with Crippen molar-refractivity contribution in [3.05, 3.63) is 26.6 Å². The first-order valence-electron chi connectivity index (χ1n) is 3.71. The second-order valence-corrected chi connectivity index (χ2v) is 4.32. The van der Waals surface area contributed by atoms with E-state index in [2.05, 4.69) is 37.2 Å². The first kappa shape index (κ1) is 11.2. The zero-order valence-corrected chi connectivity index (χ0v) is 10.4. The van der Waals surface area contributed by atoms with Gasteiger partial charge in [0.05, 0.1) is 17.3 Å². The fraction of sp³-hybridized carbons (Fsp3) is 0.111. The number of hydrogen-bond acceptors (Lipinski definition) is 2. The molecule has 0 fully saturated rings. The molecule has 0 aromatic heterocycles. The van der Waals surface area contributed by atoms with Crippen LogP contribution in [0.15, 0.2) is 21.1 Å². The molecule has 3 nitrogen and oxygen atoms in total. The van der Waals surface area contributed by atoms with E-state index >= 15 is 0 Å². The van der Waals surface area contributed by atoms with Gasteiger partial charge in [0.15, 0.2) is 0 Å². The minimum absolute atomic E-state index is 0.156. The summed E-state index contributed by atoms with van der Waals surface area (Å²) < 4.78 is 1.36. The number of nitrogens with one attached hydrogen (secondary N) is 1. The normalized spacial score (nSPS) is 9.29. The Balaban J connectivity index is 3.19. The summed E-state index contributed by atoms with van der Waals surface area (Å²) >= 11 is 6.54. The lowest BCUT2D eigenvalue weighted by atomic mass is 10.2. The van der Waals surface area contributed by atoms with Crippen LogP contribution in [0.3, 0.4) is 0 Å². The van der Waals surface area contributed by atoms with Crippen LogP contribution in [0.4, 0.5) is 5.69 Å². The number of rotatable bonds is 1. The van der Waals surface area contributed by atoms with E-state index in [1.807, 2.05) is 6.07 Å². The predicted molar refractivity (Wildman–Crippen MR) is 60.9 cm³/mol. The van der Waals surface area contributed by atoms with E-state index in [4.69, 9.17) is 5.26 Å². The molecule has 72 valence electrons. The molecule has 0 aliphatic carbocycles. The van der Waals surface area contributed by atoms with Crippen LogP contribution in [0, 0.1) is 11.3 Å². The average Bonchev–Trinajstić information content (AvgIpc) is 2.10. The summed E-state index contributed by atoms with van der Waals surface area (Å²) in [5, 5.41) is 11.3. The Bertz CT molecular complexity index is 400. The highest BCUT2D eigenvalue weighted by Crippen LogP contribution is 2.32. The molecule has 14 heavy (non-hydrogen) atoms. The van der Waals surface area contributed by atoms with Crippen LogP contribution in [0.5, 0.6) is 0 Å². The van der Waals surface area contributed by atoms with Crippen molar-refractivity contribution in [2.45, 2.75) is 6.92 Å². The molecule has 0 atom stereocenters. The number of anilines is 1. The number of halogens is 2. The second-order valence-electron chi connectivity index (χ2n) is 2.61. The molecule has 0 radical (unpaired) electrons. The molecule has 0 heterocycles. The standard InChI is InChI=1S/C9H6Br2N2O/c1-5(14)13-9-7(10)2-6(4-12)3-8(9)11/h2-3H,1H3,(H,13,14). The monoisotopic (exact) mass is 316 g/mol. The number of hydrogen-bond donors (Lipinski definition) is 1. The number of amides is 1. The topological polar surface area (TPSA) is 52.9 Å². The number of carbonyl (C=O) groups excluding carboxylic acids is 1. The van der Waals surface area contributed by atoms with Crippen LogP contribution in [-0.2, 0) is 4.79 Å². The van der Waals surface area contributed by atoms with Crippen molar-refractivity contribution >= 4 is 43.5 Å². The highest BCUT2D eigenvalue weighted by atomic mass is 79.9. The zero-order valence-electron chi connectivity index (χ0n) is 7.27. The van der Waals surface area contributed by atoms with Crippen molar-refractivity contribution in [3.63, 3.8) is 0 Å². The van der Waals surface area contributed by atoms with Crippen LogP contribution in [0.1, 0.15) is 12.5 Å². The SMILES string of the molecule is CC(=O)Nc1c(Br)cc(C#N)cc1Br. The average molecular weight is 318 g/mol. The fourth-order valence-corrected chi connectivity index (χ4v) is 2.32. The van der Waals surface area contributed by atoms with Gasteiger partial charge in [0.1, 0.15) is 0 Å². The Morgan fingerprint density at radius 2 is 1.93 bits per heavy atom. The highest BCUT2D eigenvalue weighted by molar-refractivity contribution is 9.11. The molecule has 1 rings (SSSR count). The highest BCUT2D eigenvalue weighted by Gasteiger charge is 2.08. The Morgan fingerprint density at radius 1 is 1.43 bits per heavy atom. The van der Waals surface area contributed by atoms with Gasteiger partial charge in [-0.2, -0.15) is 5.26 Å². The van der Waals surface area contributed by atoms with E-state index in [0.29, 0.717) is 20.2 Å². The summed E-state index contributed by atoms with van der Waals surface area (Å²) in [4.78, 5) is 10.9. The molecule has 0 unspecified atom stereocenters. The van der Waals surface area contributed by atoms with Crippen molar-refractivity contribution in [2.75, 3.05) is 5.32 Å². The van der Waals surface area contributed by atoms with Crippen LogP contribution in [0.25, 0.3) is 0 Å². The van der Waals surface area contributed by atoms with Crippen molar-refractivity contribution in [1.29, 1.82) is 5.26 Å². The summed E-state index contributed by atoms with van der Waals surface area (Å²) in [5.41, 5.74) is 1.16. The molecule has 1 amide bonds. The molecule has 0 bridgehead atoms. The van der Waals surface area contributed by atoms with Gasteiger partial charge in [-0.3, -0.25) is 4.79 Å². The predicted octanol–water partition coefficient (Wildman–Crippen LogP) is 3.04. The molecule has 5 heteroatoms. The molecule has 0 saturated carbocycles. The van der Waals surface area contributed by atoms with E-state index in [0.717, 1.165) is 0 Å². The Hall–Kier alpha value is -0.860. The van der Waals surface area contributed by atoms with Crippen molar-refractivity contribution in [3.8, 4) is 6.07 Å². The maximum Gasteiger partial charge on any atom is 0.221 e. The van der Waals surface area contributed by atoms with Crippen LogP contribution >= 0.6 is 31.9 Å². The molecule has 1 aromatic rings. The molecule has 0 spiro atoms. The van der Waals surface area contributed by atoms with E-state index < -0.39 is 0 Å². The third-order valence-electron chi connectivity index (χ3n) is 1.47. The molecule has 1 aromatic carbocycles. The van der Waals surface area contributed by atoms with Crippen molar-refractivity contribution in [1.82, 2.24) is 0 Å². The molecule has 1 N–H and O–H groups in total. The first-order chi connectivity index (χ1) is 6.54. The summed E-state index contributed by atoms with van der Waals surface area (Å²) in [6, 6.07) is 5.31. The van der Waals surface area contributed by atoms with Gasteiger partial charge in [-0.1, -0.05) is 0 Å². The molecular formula is C9H6Br2N2O.